The van der Waals surface area contributed by atoms with Crippen molar-refractivity contribution in [3.05, 3.63) is 35.9 Å². The third kappa shape index (κ3) is 5.16. The number of fused-ring (bicyclic) bond motifs is 1. The molecule has 35 heavy (non-hydrogen) atoms. The van der Waals surface area contributed by atoms with Gasteiger partial charge >= 0.3 is 6.09 Å². The molecule has 1 aliphatic heterocycles. The van der Waals surface area contributed by atoms with Crippen LogP contribution in [0.15, 0.2) is 24.7 Å². The molecule has 0 saturated carbocycles. The van der Waals surface area contributed by atoms with E-state index in [0.717, 1.165) is 12.8 Å². The van der Waals surface area contributed by atoms with Crippen molar-refractivity contribution in [3.63, 3.8) is 0 Å². The number of amides is 2. The van der Waals surface area contributed by atoms with Crippen LogP contribution in [-0.4, -0.2) is 61.2 Å². The molecule has 3 aromatic heterocycles. The maximum Gasteiger partial charge on any atom is 0.410 e. The highest BCUT2D eigenvalue weighted by Crippen LogP contribution is 2.29. The first-order valence-electron chi connectivity index (χ1n) is 11.3. The first kappa shape index (κ1) is 23.9. The van der Waals surface area contributed by atoms with Crippen molar-refractivity contribution in [1.82, 2.24) is 24.4 Å². The van der Waals surface area contributed by atoms with E-state index < -0.39 is 11.5 Å². The van der Waals surface area contributed by atoms with Gasteiger partial charge in [0, 0.05) is 37.9 Å². The Kier molecular flexibility index (Phi) is 6.30. The Morgan fingerprint density at radius 1 is 1.26 bits per heavy atom. The lowest BCUT2D eigenvalue weighted by Crippen LogP contribution is -2.47. The van der Waals surface area contributed by atoms with Gasteiger partial charge in [0.1, 0.15) is 34.7 Å². The number of anilines is 1. The van der Waals surface area contributed by atoms with Crippen LogP contribution >= 0.6 is 0 Å². The average Bonchev–Trinajstić information content (AvgIpc) is 3.18. The minimum Gasteiger partial charge on any atom is -0.444 e. The van der Waals surface area contributed by atoms with Crippen LogP contribution in [0.4, 0.5) is 10.6 Å². The van der Waals surface area contributed by atoms with Crippen molar-refractivity contribution in [3.8, 4) is 17.3 Å². The molecule has 1 aliphatic rings. The molecule has 1 fully saturated rings. The molecule has 0 bridgehead atoms. The van der Waals surface area contributed by atoms with Crippen molar-refractivity contribution < 1.29 is 14.3 Å². The fourth-order valence-electron chi connectivity index (χ4n) is 4.08. The Bertz CT molecular complexity index is 1340. The van der Waals surface area contributed by atoms with Gasteiger partial charge in [0.05, 0.1) is 11.3 Å². The molecule has 4 heterocycles. The third-order valence-electron chi connectivity index (χ3n) is 5.69. The first-order chi connectivity index (χ1) is 16.6. The molecule has 3 N–H and O–H groups in total. The van der Waals surface area contributed by atoms with Gasteiger partial charge in [-0.3, -0.25) is 4.79 Å². The third-order valence-corrected chi connectivity index (χ3v) is 5.69. The number of likely N-dealkylation sites (tertiary alicyclic amines) is 1. The van der Waals surface area contributed by atoms with E-state index in [1.165, 1.54) is 6.33 Å². The number of nitriles is 1. The fraction of sp³-hybridized carbons (Fsp3) is 0.417. The molecular formula is C24H28N8O3. The van der Waals surface area contributed by atoms with Crippen LogP contribution in [0.3, 0.4) is 0 Å². The molecule has 0 aliphatic carbocycles. The van der Waals surface area contributed by atoms with Crippen LogP contribution in [0.1, 0.15) is 49.7 Å². The van der Waals surface area contributed by atoms with Crippen molar-refractivity contribution in [1.29, 1.82) is 5.26 Å². The number of carbonyl (C=O) groups excluding carboxylic acids is 2. The van der Waals surface area contributed by atoms with Crippen molar-refractivity contribution in [2.24, 2.45) is 12.8 Å². The summed E-state index contributed by atoms with van der Waals surface area (Å²) in [5, 5.41) is 12.7. The Morgan fingerprint density at radius 3 is 2.69 bits per heavy atom. The fourth-order valence-corrected chi connectivity index (χ4v) is 4.08. The summed E-state index contributed by atoms with van der Waals surface area (Å²) in [7, 11) is 1.76. The van der Waals surface area contributed by atoms with Crippen LogP contribution in [0.5, 0.6) is 0 Å². The zero-order valence-electron chi connectivity index (χ0n) is 20.2. The Labute approximate surface area is 202 Å². The number of hydrogen-bond donors (Lipinski definition) is 2. The van der Waals surface area contributed by atoms with Crippen molar-refractivity contribution in [2.45, 2.75) is 45.3 Å². The van der Waals surface area contributed by atoms with Gasteiger partial charge in [0.2, 0.25) is 0 Å². The highest BCUT2D eigenvalue weighted by Gasteiger charge is 2.28. The topological polar surface area (TPSA) is 152 Å². The monoisotopic (exact) mass is 476 g/mol. The second-order valence-electron chi connectivity index (χ2n) is 9.59. The van der Waals surface area contributed by atoms with Gasteiger partial charge in [0.25, 0.3) is 5.91 Å². The number of nitrogens with one attached hydrogen (secondary N) is 1. The van der Waals surface area contributed by atoms with E-state index in [-0.39, 0.29) is 17.7 Å². The molecule has 0 aromatic carbocycles. The zero-order valence-corrected chi connectivity index (χ0v) is 20.2. The number of nitrogens with zero attached hydrogens (tertiary/aromatic N) is 6. The molecule has 1 atom stereocenters. The smallest absolute Gasteiger partial charge is 0.410 e. The second-order valence-corrected chi connectivity index (χ2v) is 9.59. The first-order valence-corrected chi connectivity index (χ1v) is 11.3. The average molecular weight is 477 g/mol. The number of primary amides is 1. The van der Waals surface area contributed by atoms with E-state index in [1.54, 1.807) is 34.8 Å². The van der Waals surface area contributed by atoms with Crippen LogP contribution in [0.25, 0.3) is 22.3 Å². The number of aromatic nitrogens is 4. The number of nitrogens with two attached hydrogens (primary N) is 1. The Balaban J connectivity index is 1.69. The molecule has 1 saturated heterocycles. The summed E-state index contributed by atoms with van der Waals surface area (Å²) in [5.41, 5.74) is 7.60. The van der Waals surface area contributed by atoms with Gasteiger partial charge < -0.3 is 25.3 Å². The molecule has 11 nitrogen and oxygen atoms in total. The highest BCUT2D eigenvalue weighted by molar-refractivity contribution is 6.06. The molecule has 4 rings (SSSR count). The van der Waals surface area contributed by atoms with Gasteiger partial charge in [-0.25, -0.2) is 19.7 Å². The molecule has 182 valence electrons. The van der Waals surface area contributed by atoms with E-state index in [0.29, 0.717) is 46.9 Å². The van der Waals surface area contributed by atoms with Crippen LogP contribution in [0, 0.1) is 11.3 Å². The maximum absolute atomic E-state index is 12.6. The molecule has 0 spiro atoms. The summed E-state index contributed by atoms with van der Waals surface area (Å²) >= 11 is 0. The summed E-state index contributed by atoms with van der Waals surface area (Å²) < 4.78 is 7.20. The predicted molar refractivity (Wildman–Crippen MR) is 129 cm³/mol. The molecule has 2 amide bonds. The summed E-state index contributed by atoms with van der Waals surface area (Å²) in [6.07, 6.45) is 4.37. The quantitative estimate of drug-likeness (QED) is 0.583. The van der Waals surface area contributed by atoms with Crippen LogP contribution < -0.4 is 11.1 Å². The van der Waals surface area contributed by atoms with Gasteiger partial charge in [-0.15, -0.1) is 0 Å². The summed E-state index contributed by atoms with van der Waals surface area (Å²) in [6.45, 7) is 6.56. The van der Waals surface area contributed by atoms with Crippen molar-refractivity contribution >= 4 is 28.9 Å². The van der Waals surface area contributed by atoms with Crippen LogP contribution in [0.2, 0.25) is 0 Å². The van der Waals surface area contributed by atoms with E-state index in [1.807, 2.05) is 20.8 Å². The van der Waals surface area contributed by atoms with Gasteiger partial charge in [-0.1, -0.05) is 0 Å². The lowest BCUT2D eigenvalue weighted by atomic mass is 10.1. The maximum atomic E-state index is 12.6. The number of aryl methyl sites for hydroxylation is 1. The normalized spacial score (nSPS) is 16.1. The van der Waals surface area contributed by atoms with Crippen molar-refractivity contribution in [2.75, 3.05) is 18.4 Å². The number of ether oxygens (including phenoxy) is 1. The molecule has 0 radical (unpaired) electrons. The lowest BCUT2D eigenvalue weighted by molar-refractivity contribution is 0.0206. The van der Waals surface area contributed by atoms with Gasteiger partial charge in [0.15, 0.2) is 5.82 Å². The highest BCUT2D eigenvalue weighted by atomic mass is 16.6. The zero-order chi connectivity index (χ0) is 25.3. The number of hydrogen-bond acceptors (Lipinski definition) is 8. The second kappa shape index (κ2) is 9.21. The number of carbonyl (C=O) groups is 2. The van der Waals surface area contributed by atoms with E-state index >= 15 is 0 Å². The number of piperidine rings is 1. The van der Waals surface area contributed by atoms with Gasteiger partial charge in [-0.05, 0) is 45.7 Å². The number of rotatable bonds is 4. The van der Waals surface area contributed by atoms with E-state index in [2.05, 4.69) is 21.4 Å². The molecule has 0 unspecified atom stereocenters. The summed E-state index contributed by atoms with van der Waals surface area (Å²) in [6, 6.07) is 5.28. The molecule has 11 heteroatoms. The minimum atomic E-state index is -0.645. The minimum absolute atomic E-state index is 0.0984. The predicted octanol–water partition coefficient (Wildman–Crippen LogP) is 2.81. The standard InChI is InChI=1S/C24H28N8O3/c1-24(2,3)35-23(34)32-7-5-6-15(12-32)29-22-20-19(27-13-28-22)17(21(26)33)9-18(30-20)14-8-16(10-25)31(4)11-14/h8-9,11,13,15H,5-7,12H2,1-4H3,(H2,26,33)(H,27,28,29)/t15-/m0/s1. The lowest BCUT2D eigenvalue weighted by Gasteiger charge is -2.34. The summed E-state index contributed by atoms with van der Waals surface area (Å²) in [5.74, 6) is -0.208. The largest absolute Gasteiger partial charge is 0.444 e. The number of pyridine rings is 1. The Morgan fingerprint density at radius 2 is 2.03 bits per heavy atom. The molecule has 3 aromatic rings. The van der Waals surface area contributed by atoms with E-state index in [9.17, 15) is 14.9 Å². The van der Waals surface area contributed by atoms with Gasteiger partial charge in [-0.2, -0.15) is 5.26 Å². The molecular weight excluding hydrogens is 448 g/mol. The SMILES string of the molecule is Cn1cc(-c2cc(C(N)=O)c3ncnc(N[C@H]4CCCN(C(=O)OC(C)(C)C)C4)c3n2)cc1C#N. The van der Waals surface area contributed by atoms with E-state index in [4.69, 9.17) is 15.5 Å². The Hall–Kier alpha value is -4.20. The van der Waals surface area contributed by atoms with Crippen LogP contribution in [-0.2, 0) is 11.8 Å². The summed E-state index contributed by atoms with van der Waals surface area (Å²) in [4.78, 5) is 39.9.